The number of aromatic nitrogens is 3. The van der Waals surface area contributed by atoms with Gasteiger partial charge in [0.2, 0.25) is 4.96 Å². The maximum atomic E-state index is 4.55. The maximum absolute atomic E-state index is 4.55. The number of rotatable bonds is 2. The first-order valence-corrected chi connectivity index (χ1v) is 6.50. The zero-order valence-electron chi connectivity index (χ0n) is 8.17. The van der Waals surface area contributed by atoms with Gasteiger partial charge in [-0.15, -0.1) is 0 Å². The third kappa shape index (κ3) is 1.48. The Morgan fingerprint density at radius 2 is 2.40 bits per heavy atom. The molecule has 76 valence electrons. The summed E-state index contributed by atoms with van der Waals surface area (Å²) in [6.45, 7) is 2.11. The van der Waals surface area contributed by atoms with E-state index in [0.717, 1.165) is 22.1 Å². The average Bonchev–Trinajstić information content (AvgIpc) is 2.91. The number of imidazole rings is 1. The largest absolute Gasteiger partial charge is 0.217 e. The summed E-state index contributed by atoms with van der Waals surface area (Å²) in [4.78, 5) is 5.53. The van der Waals surface area contributed by atoms with Gasteiger partial charge in [0.15, 0.2) is 0 Å². The van der Waals surface area contributed by atoms with Crippen LogP contribution in [0.5, 0.6) is 0 Å². The summed E-state index contributed by atoms with van der Waals surface area (Å²) in [5.41, 5.74) is 2.19. The number of aryl methyl sites for hydroxylation is 1. The molecule has 0 saturated heterocycles. The Bertz CT molecular complexity index is 545. The fourth-order valence-electron chi connectivity index (χ4n) is 1.43. The lowest BCUT2D eigenvalue weighted by molar-refractivity contribution is 0.910. The Balaban J connectivity index is 2.12. The van der Waals surface area contributed by atoms with E-state index in [1.54, 1.807) is 22.7 Å². The first-order chi connectivity index (χ1) is 7.36. The van der Waals surface area contributed by atoms with Crippen molar-refractivity contribution in [3.8, 4) is 11.3 Å². The number of hydrogen-bond donors (Lipinski definition) is 0. The van der Waals surface area contributed by atoms with Gasteiger partial charge in [0, 0.05) is 10.9 Å². The molecule has 0 fully saturated rings. The van der Waals surface area contributed by atoms with Crippen molar-refractivity contribution in [1.82, 2.24) is 14.6 Å². The van der Waals surface area contributed by atoms with E-state index in [9.17, 15) is 0 Å². The van der Waals surface area contributed by atoms with Crippen LogP contribution in [-0.4, -0.2) is 14.6 Å². The van der Waals surface area contributed by atoms with Crippen molar-refractivity contribution in [3.05, 3.63) is 28.0 Å². The molecule has 0 aliphatic rings. The van der Waals surface area contributed by atoms with Gasteiger partial charge in [-0.3, -0.25) is 0 Å². The standard InChI is InChI=1S/C10H9N3S2/c1-2-9-12-13-5-8(11-10(13)15-9)7-3-4-14-6-7/h3-6H,2H2,1H3. The van der Waals surface area contributed by atoms with Crippen molar-refractivity contribution in [1.29, 1.82) is 0 Å². The first-order valence-electron chi connectivity index (χ1n) is 4.74. The van der Waals surface area contributed by atoms with Crippen LogP contribution < -0.4 is 0 Å². The summed E-state index contributed by atoms with van der Waals surface area (Å²) in [7, 11) is 0. The number of nitrogens with zero attached hydrogens (tertiary/aromatic N) is 3. The van der Waals surface area contributed by atoms with Gasteiger partial charge in [0.05, 0.1) is 11.9 Å². The minimum absolute atomic E-state index is 0.974. The van der Waals surface area contributed by atoms with E-state index in [4.69, 9.17) is 0 Å². The second-order valence-electron chi connectivity index (χ2n) is 3.21. The molecule has 3 aromatic heterocycles. The molecule has 0 saturated carbocycles. The molecule has 0 amide bonds. The van der Waals surface area contributed by atoms with E-state index in [-0.39, 0.29) is 0 Å². The number of thiophene rings is 1. The highest BCUT2D eigenvalue weighted by molar-refractivity contribution is 7.16. The Labute approximate surface area is 95.0 Å². The Kier molecular flexibility index (Phi) is 2.07. The molecule has 0 aliphatic carbocycles. The van der Waals surface area contributed by atoms with Crippen molar-refractivity contribution in [2.75, 3.05) is 0 Å². The molecule has 0 bridgehead atoms. The molecule has 0 spiro atoms. The van der Waals surface area contributed by atoms with E-state index < -0.39 is 0 Å². The fourth-order valence-corrected chi connectivity index (χ4v) is 2.90. The third-order valence-electron chi connectivity index (χ3n) is 2.20. The molecule has 0 unspecified atom stereocenters. The average molecular weight is 235 g/mol. The lowest BCUT2D eigenvalue weighted by atomic mass is 10.3. The summed E-state index contributed by atoms with van der Waals surface area (Å²) in [6.07, 6.45) is 2.97. The Morgan fingerprint density at radius 3 is 3.07 bits per heavy atom. The van der Waals surface area contributed by atoms with Gasteiger partial charge in [-0.25, -0.2) is 9.50 Å². The van der Waals surface area contributed by atoms with Crippen LogP contribution in [0.2, 0.25) is 0 Å². The summed E-state index contributed by atoms with van der Waals surface area (Å²) in [5, 5.41) is 9.74. The zero-order chi connectivity index (χ0) is 10.3. The van der Waals surface area contributed by atoms with E-state index in [1.807, 2.05) is 10.7 Å². The summed E-state index contributed by atoms with van der Waals surface area (Å²) < 4.78 is 1.87. The smallest absolute Gasteiger partial charge is 0.212 e. The fraction of sp³-hybridized carbons (Fsp3) is 0.200. The number of fused-ring (bicyclic) bond motifs is 1. The third-order valence-corrected chi connectivity index (χ3v) is 3.95. The lowest BCUT2D eigenvalue weighted by Crippen LogP contribution is -1.83. The molecule has 5 heteroatoms. The predicted octanol–water partition coefficient (Wildman–Crippen LogP) is 3.08. The minimum atomic E-state index is 0.974. The van der Waals surface area contributed by atoms with Gasteiger partial charge in [-0.1, -0.05) is 18.3 Å². The highest BCUT2D eigenvalue weighted by atomic mass is 32.1. The van der Waals surface area contributed by atoms with Crippen LogP contribution in [0, 0.1) is 0 Å². The van der Waals surface area contributed by atoms with Gasteiger partial charge in [0.25, 0.3) is 0 Å². The van der Waals surface area contributed by atoms with Crippen LogP contribution in [-0.2, 0) is 6.42 Å². The second-order valence-corrected chi connectivity index (χ2v) is 5.04. The summed E-state index contributed by atoms with van der Waals surface area (Å²) >= 11 is 3.35. The predicted molar refractivity (Wildman–Crippen MR) is 63.6 cm³/mol. The van der Waals surface area contributed by atoms with Crippen LogP contribution in [0.1, 0.15) is 11.9 Å². The number of hydrogen-bond acceptors (Lipinski definition) is 4. The van der Waals surface area contributed by atoms with Crippen molar-refractivity contribution in [2.45, 2.75) is 13.3 Å². The Morgan fingerprint density at radius 1 is 1.47 bits per heavy atom. The lowest BCUT2D eigenvalue weighted by Gasteiger charge is -1.86. The van der Waals surface area contributed by atoms with Crippen LogP contribution in [0.4, 0.5) is 0 Å². The second kappa shape index (κ2) is 3.43. The topological polar surface area (TPSA) is 30.2 Å². The highest BCUT2D eigenvalue weighted by Gasteiger charge is 2.08. The monoisotopic (exact) mass is 235 g/mol. The van der Waals surface area contributed by atoms with Crippen molar-refractivity contribution in [3.63, 3.8) is 0 Å². The molecule has 3 heterocycles. The van der Waals surface area contributed by atoms with Crippen LogP contribution in [0.3, 0.4) is 0 Å². The Hall–Kier alpha value is -1.20. The van der Waals surface area contributed by atoms with E-state index in [1.165, 1.54) is 5.56 Å². The summed E-state index contributed by atoms with van der Waals surface area (Å²) in [5.74, 6) is 0. The van der Waals surface area contributed by atoms with Crippen molar-refractivity contribution >= 4 is 27.6 Å². The van der Waals surface area contributed by atoms with Gasteiger partial charge in [-0.05, 0) is 17.9 Å². The van der Waals surface area contributed by atoms with Crippen LogP contribution in [0.25, 0.3) is 16.2 Å². The zero-order valence-corrected chi connectivity index (χ0v) is 9.81. The minimum Gasteiger partial charge on any atom is -0.217 e. The van der Waals surface area contributed by atoms with Gasteiger partial charge >= 0.3 is 0 Å². The van der Waals surface area contributed by atoms with E-state index >= 15 is 0 Å². The SMILES string of the molecule is CCc1nn2cc(-c3ccsc3)nc2s1. The summed E-state index contributed by atoms with van der Waals surface area (Å²) in [6, 6.07) is 2.08. The van der Waals surface area contributed by atoms with Gasteiger partial charge < -0.3 is 0 Å². The van der Waals surface area contributed by atoms with Crippen LogP contribution >= 0.6 is 22.7 Å². The normalized spacial score (nSPS) is 11.3. The van der Waals surface area contributed by atoms with E-state index in [0.29, 0.717) is 0 Å². The van der Waals surface area contributed by atoms with Crippen molar-refractivity contribution in [2.24, 2.45) is 0 Å². The van der Waals surface area contributed by atoms with Crippen LogP contribution in [0.15, 0.2) is 23.0 Å². The molecule has 0 N–H and O–H groups in total. The molecule has 0 aromatic carbocycles. The quantitative estimate of drug-likeness (QED) is 0.683. The van der Waals surface area contributed by atoms with Gasteiger partial charge in [0.1, 0.15) is 5.01 Å². The highest BCUT2D eigenvalue weighted by Crippen LogP contribution is 2.23. The molecule has 3 rings (SSSR count). The molecule has 0 atom stereocenters. The van der Waals surface area contributed by atoms with Crippen molar-refractivity contribution < 1.29 is 0 Å². The maximum Gasteiger partial charge on any atom is 0.212 e. The molecule has 3 aromatic rings. The van der Waals surface area contributed by atoms with Gasteiger partial charge in [-0.2, -0.15) is 16.4 Å². The molecule has 15 heavy (non-hydrogen) atoms. The molecule has 0 aliphatic heterocycles. The van der Waals surface area contributed by atoms with E-state index in [2.05, 4.69) is 33.8 Å². The first kappa shape index (κ1) is 9.06. The molecule has 3 nitrogen and oxygen atoms in total. The molecule has 0 radical (unpaired) electrons. The molecular weight excluding hydrogens is 226 g/mol. The molecular formula is C10H9N3S2.